The van der Waals surface area contributed by atoms with Crippen molar-refractivity contribution in [3.05, 3.63) is 24.8 Å². The summed E-state index contributed by atoms with van der Waals surface area (Å²) in [5.74, 6) is 0. The zero-order valence-corrected chi connectivity index (χ0v) is 5.63. The zero-order chi connectivity index (χ0) is 6.97. The number of aromatic nitrogens is 3. The second-order valence-corrected chi connectivity index (χ2v) is 2.26. The summed E-state index contributed by atoms with van der Waals surface area (Å²) in [6, 6.07) is 1.95. The van der Waals surface area contributed by atoms with Crippen LogP contribution in [0, 0.1) is 6.33 Å². The van der Waals surface area contributed by atoms with Crippen molar-refractivity contribution in [1.82, 2.24) is 9.97 Å². The van der Waals surface area contributed by atoms with E-state index < -0.39 is 0 Å². The Morgan fingerprint density at radius 3 is 3.50 bits per heavy atom. The Morgan fingerprint density at radius 1 is 1.70 bits per heavy atom. The van der Waals surface area contributed by atoms with E-state index in [0.717, 1.165) is 11.0 Å². The van der Waals surface area contributed by atoms with Gasteiger partial charge in [-0.25, -0.2) is 4.57 Å². The second-order valence-electron chi connectivity index (χ2n) is 2.26. The van der Waals surface area contributed by atoms with Crippen molar-refractivity contribution in [2.75, 3.05) is 0 Å². The predicted octanol–water partition coefficient (Wildman–Crippen LogP) is 0.188. The number of hydrogen-bond donors (Lipinski definition) is 1. The number of aromatic amines is 1. The van der Waals surface area contributed by atoms with E-state index in [-0.39, 0.29) is 0 Å². The van der Waals surface area contributed by atoms with Gasteiger partial charge in [0, 0.05) is 0 Å². The third-order valence-corrected chi connectivity index (χ3v) is 1.44. The van der Waals surface area contributed by atoms with E-state index in [1.54, 1.807) is 0 Å². The van der Waals surface area contributed by atoms with Gasteiger partial charge in [-0.15, -0.1) is 0 Å². The molecule has 2 aromatic heterocycles. The number of imidazole rings is 1. The minimum Gasteiger partial charge on any atom is -0.456 e. The molecular formula is C7H7N3. The number of rotatable bonds is 0. The minimum absolute atomic E-state index is 0.957. The molecule has 50 valence electrons. The van der Waals surface area contributed by atoms with E-state index in [0.29, 0.717) is 0 Å². The molecule has 0 aromatic carbocycles. The van der Waals surface area contributed by atoms with Crippen LogP contribution >= 0.6 is 0 Å². The quantitative estimate of drug-likeness (QED) is 0.404. The molecule has 3 nitrogen and oxygen atoms in total. The lowest BCUT2D eigenvalue weighted by atomic mass is 10.4. The third-order valence-electron chi connectivity index (χ3n) is 1.44. The van der Waals surface area contributed by atoms with Crippen LogP contribution in [0.15, 0.2) is 18.5 Å². The topological polar surface area (TPSA) is 32.6 Å². The van der Waals surface area contributed by atoms with Crippen LogP contribution < -0.4 is 4.57 Å². The Balaban J connectivity index is 2.86. The summed E-state index contributed by atoms with van der Waals surface area (Å²) in [6.07, 6.45) is 6.60. The molecule has 0 aliphatic heterocycles. The van der Waals surface area contributed by atoms with Gasteiger partial charge in [-0.1, -0.05) is 5.52 Å². The molecule has 1 N–H and O–H groups in total. The van der Waals surface area contributed by atoms with Crippen molar-refractivity contribution < 1.29 is 4.57 Å². The molecule has 10 heavy (non-hydrogen) atoms. The van der Waals surface area contributed by atoms with Crippen molar-refractivity contribution in [2.45, 2.75) is 0 Å². The summed E-state index contributed by atoms with van der Waals surface area (Å²) < 4.78 is 1.97. The van der Waals surface area contributed by atoms with Gasteiger partial charge in [-0.2, -0.15) is 0 Å². The lowest BCUT2D eigenvalue weighted by Crippen LogP contribution is -2.25. The highest BCUT2D eigenvalue weighted by atomic mass is 14.9. The van der Waals surface area contributed by atoms with Gasteiger partial charge >= 0.3 is 0 Å². The van der Waals surface area contributed by atoms with Crippen LogP contribution in [-0.4, -0.2) is 9.97 Å². The molecule has 0 amide bonds. The van der Waals surface area contributed by atoms with Gasteiger partial charge in [-0.3, -0.25) is 0 Å². The van der Waals surface area contributed by atoms with Crippen LogP contribution in [0.3, 0.4) is 0 Å². The van der Waals surface area contributed by atoms with E-state index in [1.807, 2.05) is 30.1 Å². The highest BCUT2D eigenvalue weighted by molar-refractivity contribution is 5.71. The van der Waals surface area contributed by atoms with Crippen molar-refractivity contribution in [3.8, 4) is 0 Å². The molecule has 0 fully saturated rings. The normalized spacial score (nSPS) is 10.5. The van der Waals surface area contributed by atoms with Gasteiger partial charge in [0.05, 0.1) is 0 Å². The maximum atomic E-state index is 3.97. The molecule has 0 aliphatic rings. The van der Waals surface area contributed by atoms with Gasteiger partial charge in [0.25, 0.3) is 0 Å². The number of nitrogens with one attached hydrogen (secondary N) is 1. The third kappa shape index (κ3) is 0.673. The van der Waals surface area contributed by atoms with E-state index in [2.05, 4.69) is 16.3 Å². The fraction of sp³-hybridized carbons (Fsp3) is 0.143. The number of nitrogens with zero attached hydrogens (tertiary/aromatic N) is 2. The Bertz CT molecular complexity index is 350. The monoisotopic (exact) mass is 133 g/mol. The number of aryl methyl sites for hydroxylation is 1. The minimum atomic E-state index is 0.957. The van der Waals surface area contributed by atoms with Crippen LogP contribution in [0.4, 0.5) is 0 Å². The van der Waals surface area contributed by atoms with Crippen molar-refractivity contribution in [2.24, 2.45) is 7.05 Å². The summed E-state index contributed by atoms with van der Waals surface area (Å²) in [6.45, 7) is 0. The Morgan fingerprint density at radius 2 is 2.60 bits per heavy atom. The number of H-pyrrole nitrogens is 1. The van der Waals surface area contributed by atoms with Gasteiger partial charge in [-0.05, 0) is 17.9 Å². The van der Waals surface area contributed by atoms with E-state index in [9.17, 15) is 0 Å². The first-order chi connectivity index (χ1) is 4.86. The smallest absolute Gasteiger partial charge is 0.156 e. The fourth-order valence-electron chi connectivity index (χ4n) is 0.933. The summed E-state index contributed by atoms with van der Waals surface area (Å²) in [5.41, 5.74) is 1.98. The van der Waals surface area contributed by atoms with E-state index in [1.165, 1.54) is 0 Å². The van der Waals surface area contributed by atoms with Crippen LogP contribution in [0.25, 0.3) is 11.0 Å². The summed E-state index contributed by atoms with van der Waals surface area (Å²) in [4.78, 5) is 6.87. The summed E-state index contributed by atoms with van der Waals surface area (Å²) in [7, 11) is 1.97. The highest BCUT2D eigenvalue weighted by Gasteiger charge is 1.88. The summed E-state index contributed by atoms with van der Waals surface area (Å²) in [5, 5.41) is 0. The Labute approximate surface area is 58.3 Å². The van der Waals surface area contributed by atoms with Crippen LogP contribution in [0.1, 0.15) is 0 Å². The lowest BCUT2D eigenvalue weighted by Gasteiger charge is -1.92. The van der Waals surface area contributed by atoms with Crippen molar-refractivity contribution in [3.63, 3.8) is 0 Å². The van der Waals surface area contributed by atoms with Gasteiger partial charge < -0.3 is 9.97 Å². The maximum absolute atomic E-state index is 3.97. The Hall–Kier alpha value is -1.38. The molecule has 0 aliphatic carbocycles. The van der Waals surface area contributed by atoms with Crippen LogP contribution in [0.2, 0.25) is 0 Å². The van der Waals surface area contributed by atoms with Crippen molar-refractivity contribution in [1.29, 1.82) is 0 Å². The number of fused-ring (bicyclic) bond motifs is 1. The molecule has 3 heteroatoms. The molecule has 0 spiro atoms. The number of pyridine rings is 1. The first-order valence-corrected chi connectivity index (χ1v) is 3.07. The standard InChI is InChI=1S/C7H6N3/c1-10-3-2-6-7(4-10)9-5-8-6/h2-4H,1H3/q-1/p+1. The molecular weight excluding hydrogens is 126 g/mol. The molecule has 0 bridgehead atoms. The molecule has 0 radical (unpaired) electrons. The average Bonchev–Trinajstić information content (AvgIpc) is 2.33. The van der Waals surface area contributed by atoms with Gasteiger partial charge in [0.2, 0.25) is 0 Å². The van der Waals surface area contributed by atoms with E-state index in [4.69, 9.17) is 0 Å². The number of hydrogen-bond acceptors (Lipinski definition) is 1. The molecule has 0 unspecified atom stereocenters. The van der Waals surface area contributed by atoms with Gasteiger partial charge in [0.15, 0.2) is 6.20 Å². The predicted molar refractivity (Wildman–Crippen MR) is 36.1 cm³/mol. The fourth-order valence-corrected chi connectivity index (χ4v) is 0.933. The van der Waals surface area contributed by atoms with E-state index >= 15 is 0 Å². The molecule has 0 atom stereocenters. The first-order valence-electron chi connectivity index (χ1n) is 3.07. The maximum Gasteiger partial charge on any atom is 0.156 e. The Kier molecular flexibility index (Phi) is 0.974. The molecule has 0 saturated heterocycles. The lowest BCUT2D eigenvalue weighted by molar-refractivity contribution is -0.670. The highest BCUT2D eigenvalue weighted by Crippen LogP contribution is 2.01. The average molecular weight is 133 g/mol. The molecule has 2 aromatic rings. The largest absolute Gasteiger partial charge is 0.456 e. The SMILES string of the molecule is C[n+]1ccc2n[c-][nH]c2c1. The van der Waals surface area contributed by atoms with Crippen LogP contribution in [-0.2, 0) is 7.05 Å². The molecule has 0 saturated carbocycles. The zero-order valence-electron chi connectivity index (χ0n) is 5.63. The first kappa shape index (κ1) is 5.41. The molecule has 2 rings (SSSR count). The van der Waals surface area contributed by atoms with Gasteiger partial charge in [0.1, 0.15) is 13.2 Å². The van der Waals surface area contributed by atoms with Crippen LogP contribution in [0.5, 0.6) is 0 Å². The molecule has 2 heterocycles. The summed E-state index contributed by atoms with van der Waals surface area (Å²) >= 11 is 0. The second kappa shape index (κ2) is 1.80. The van der Waals surface area contributed by atoms with Crippen molar-refractivity contribution >= 4 is 11.0 Å².